The number of ether oxygens (including phenoxy) is 2. The quantitative estimate of drug-likeness (QED) is 0.271. The first-order chi connectivity index (χ1) is 17.9. The monoisotopic (exact) mass is 562 g/mol. The normalized spacial score (nSPS) is 24.9. The predicted molar refractivity (Wildman–Crippen MR) is 141 cm³/mol. The third kappa shape index (κ3) is 5.01. The Labute approximate surface area is 229 Å². The molecule has 4 saturated carbocycles. The van der Waals surface area contributed by atoms with Gasteiger partial charge in [-0.2, -0.15) is 4.98 Å². The lowest BCUT2D eigenvalue weighted by Crippen LogP contribution is -2.46. The van der Waals surface area contributed by atoms with E-state index in [9.17, 15) is 4.79 Å². The van der Waals surface area contributed by atoms with Crippen LogP contribution in [-0.4, -0.2) is 34.4 Å². The van der Waals surface area contributed by atoms with Crippen LogP contribution in [0.5, 0.6) is 5.19 Å². The topological polar surface area (TPSA) is 94.7 Å². The molecule has 1 aromatic carbocycles. The van der Waals surface area contributed by atoms with Crippen LogP contribution in [0.2, 0.25) is 10.0 Å². The van der Waals surface area contributed by atoms with Crippen molar-refractivity contribution < 1.29 is 23.9 Å². The standard InChI is InChI=1S/C27H28Cl2N2O5S/c28-18-2-1-3-19(29)21(18)22-17(23(36-31-22)16-4-5-16)12-34-14-26-6-9-27(10-7-26,11-8-26)15-35-25-30-20(13-37-25)24(32)33/h1-3,13,16H,4-12,14-15H2,(H,32,33). The maximum atomic E-state index is 11.1. The van der Waals surface area contributed by atoms with E-state index in [4.69, 9.17) is 42.3 Å². The number of aromatic nitrogens is 2. The van der Waals surface area contributed by atoms with Gasteiger partial charge in [0, 0.05) is 27.8 Å². The van der Waals surface area contributed by atoms with Crippen molar-refractivity contribution in [3.05, 3.63) is 50.6 Å². The fourth-order valence-corrected chi connectivity index (χ4v) is 7.05. The number of rotatable bonds is 10. The van der Waals surface area contributed by atoms with Gasteiger partial charge < -0.3 is 19.1 Å². The summed E-state index contributed by atoms with van der Waals surface area (Å²) in [6, 6.07) is 5.46. The summed E-state index contributed by atoms with van der Waals surface area (Å²) in [5.74, 6) is 0.274. The summed E-state index contributed by atoms with van der Waals surface area (Å²) >= 11 is 14.2. The lowest BCUT2D eigenvalue weighted by Gasteiger charge is -2.53. The molecule has 37 heavy (non-hydrogen) atoms. The lowest BCUT2D eigenvalue weighted by atomic mass is 9.54. The number of thiazole rings is 1. The van der Waals surface area contributed by atoms with Crippen molar-refractivity contribution >= 4 is 40.5 Å². The zero-order valence-corrected chi connectivity index (χ0v) is 22.6. The molecule has 0 saturated heterocycles. The van der Waals surface area contributed by atoms with Crippen LogP contribution in [0.3, 0.4) is 0 Å². The Morgan fingerprint density at radius 3 is 2.32 bits per heavy atom. The highest BCUT2D eigenvalue weighted by molar-refractivity contribution is 7.11. The molecule has 0 unspecified atom stereocenters. The van der Waals surface area contributed by atoms with E-state index in [-0.39, 0.29) is 16.5 Å². The maximum absolute atomic E-state index is 11.1. The van der Waals surface area contributed by atoms with Gasteiger partial charge in [-0.3, -0.25) is 0 Å². The summed E-state index contributed by atoms with van der Waals surface area (Å²) in [5, 5.41) is 16.5. The van der Waals surface area contributed by atoms with Crippen LogP contribution in [0.15, 0.2) is 28.1 Å². The van der Waals surface area contributed by atoms with Gasteiger partial charge in [0.25, 0.3) is 5.19 Å². The number of hydrogen-bond donors (Lipinski definition) is 1. The summed E-state index contributed by atoms with van der Waals surface area (Å²) in [7, 11) is 0. The molecule has 4 fully saturated rings. The second kappa shape index (κ2) is 9.88. The van der Waals surface area contributed by atoms with Gasteiger partial charge in [0.05, 0.1) is 29.9 Å². The zero-order valence-electron chi connectivity index (χ0n) is 20.3. The van der Waals surface area contributed by atoms with Crippen LogP contribution in [0.1, 0.15) is 79.1 Å². The van der Waals surface area contributed by atoms with Crippen molar-refractivity contribution in [3.8, 4) is 16.5 Å². The van der Waals surface area contributed by atoms with Gasteiger partial charge in [0.15, 0.2) is 5.69 Å². The average molecular weight is 564 g/mol. The molecular weight excluding hydrogens is 535 g/mol. The second-order valence-electron chi connectivity index (χ2n) is 10.8. The summed E-state index contributed by atoms with van der Waals surface area (Å²) in [6.45, 7) is 1.71. The lowest BCUT2D eigenvalue weighted by molar-refractivity contribution is -0.0813. The SMILES string of the molecule is O=C(O)c1csc(OCC23CCC(COCc4c(-c5c(Cl)cccc5Cl)noc4C4CC4)(CC2)CC3)n1. The van der Waals surface area contributed by atoms with Crippen LogP contribution in [0.4, 0.5) is 0 Å². The predicted octanol–water partition coefficient (Wildman–Crippen LogP) is 7.62. The van der Waals surface area contributed by atoms with Crippen LogP contribution in [0.25, 0.3) is 11.3 Å². The third-order valence-corrected chi connectivity index (χ3v) is 9.76. The van der Waals surface area contributed by atoms with E-state index in [0.29, 0.717) is 52.2 Å². The number of carboxylic acid groups (broad SMARTS) is 1. The van der Waals surface area contributed by atoms with E-state index >= 15 is 0 Å². The van der Waals surface area contributed by atoms with Crippen molar-refractivity contribution in [3.63, 3.8) is 0 Å². The molecule has 0 amide bonds. The zero-order chi connectivity index (χ0) is 25.6. The summed E-state index contributed by atoms with van der Waals surface area (Å²) in [4.78, 5) is 15.1. The Kier molecular flexibility index (Phi) is 6.72. The molecule has 196 valence electrons. The largest absolute Gasteiger partial charge is 0.476 e. The fourth-order valence-electron chi connectivity index (χ4n) is 5.83. The molecule has 4 aliphatic rings. The minimum Gasteiger partial charge on any atom is -0.476 e. The number of fused-ring (bicyclic) bond motifs is 3. The first-order valence-corrected chi connectivity index (χ1v) is 14.3. The van der Waals surface area contributed by atoms with Gasteiger partial charge in [-0.15, -0.1) is 0 Å². The highest BCUT2D eigenvalue weighted by atomic mass is 35.5. The number of benzene rings is 1. The van der Waals surface area contributed by atoms with Crippen LogP contribution in [-0.2, 0) is 11.3 Å². The van der Waals surface area contributed by atoms with Gasteiger partial charge >= 0.3 is 5.97 Å². The minimum atomic E-state index is -1.03. The van der Waals surface area contributed by atoms with Gasteiger partial charge in [0.1, 0.15) is 11.5 Å². The maximum Gasteiger partial charge on any atom is 0.355 e. The molecule has 3 aromatic rings. The van der Waals surface area contributed by atoms with Crippen molar-refractivity contribution in [2.75, 3.05) is 13.2 Å². The third-order valence-electron chi connectivity index (χ3n) is 8.38. The molecule has 7 nitrogen and oxygen atoms in total. The Hall–Kier alpha value is -2.13. The summed E-state index contributed by atoms with van der Waals surface area (Å²) < 4.78 is 18.1. The molecule has 1 N–H and O–H groups in total. The highest BCUT2D eigenvalue weighted by Crippen LogP contribution is 2.57. The van der Waals surface area contributed by atoms with E-state index in [0.717, 1.165) is 62.7 Å². The van der Waals surface area contributed by atoms with Crippen LogP contribution in [0, 0.1) is 10.8 Å². The van der Waals surface area contributed by atoms with E-state index < -0.39 is 5.97 Å². The van der Waals surface area contributed by atoms with Crippen molar-refractivity contribution in [2.45, 2.75) is 63.9 Å². The Balaban J connectivity index is 1.08. The Morgan fingerprint density at radius 2 is 1.73 bits per heavy atom. The first kappa shape index (κ1) is 25.2. The summed E-state index contributed by atoms with van der Waals surface area (Å²) in [5.41, 5.74) is 2.71. The Bertz CT molecular complexity index is 1270. The van der Waals surface area contributed by atoms with E-state index in [2.05, 4.69) is 10.1 Å². The number of carboxylic acids is 1. The van der Waals surface area contributed by atoms with Crippen molar-refractivity contribution in [2.24, 2.45) is 10.8 Å². The molecule has 2 heterocycles. The molecule has 0 atom stereocenters. The summed E-state index contributed by atoms with van der Waals surface area (Å²) in [6.07, 6.45) is 8.72. The van der Waals surface area contributed by atoms with Gasteiger partial charge in [-0.1, -0.05) is 45.8 Å². The molecular formula is C27H28Cl2N2O5S. The van der Waals surface area contributed by atoms with Gasteiger partial charge in [-0.25, -0.2) is 4.79 Å². The molecule has 0 radical (unpaired) electrons. The highest BCUT2D eigenvalue weighted by Gasteiger charge is 2.49. The van der Waals surface area contributed by atoms with E-state index in [1.54, 1.807) is 0 Å². The molecule has 2 aromatic heterocycles. The number of hydrogen-bond acceptors (Lipinski definition) is 7. The van der Waals surface area contributed by atoms with Gasteiger partial charge in [-0.05, 0) is 68.9 Å². The van der Waals surface area contributed by atoms with Crippen LogP contribution >= 0.6 is 34.5 Å². The average Bonchev–Trinajstić information content (AvgIpc) is 3.47. The molecule has 4 aliphatic carbocycles. The molecule has 10 heteroatoms. The molecule has 2 bridgehead atoms. The van der Waals surface area contributed by atoms with Crippen molar-refractivity contribution in [1.29, 1.82) is 0 Å². The number of nitrogens with zero attached hydrogens (tertiary/aromatic N) is 2. The van der Waals surface area contributed by atoms with Crippen LogP contribution < -0.4 is 4.74 Å². The van der Waals surface area contributed by atoms with E-state index in [1.165, 1.54) is 16.7 Å². The minimum absolute atomic E-state index is 0.0404. The molecule has 7 rings (SSSR count). The smallest absolute Gasteiger partial charge is 0.355 e. The van der Waals surface area contributed by atoms with Gasteiger partial charge in [0.2, 0.25) is 0 Å². The number of aromatic carboxylic acids is 1. The Morgan fingerprint density at radius 1 is 1.08 bits per heavy atom. The van der Waals surface area contributed by atoms with E-state index in [1.807, 2.05) is 18.2 Å². The fraction of sp³-hybridized carbons (Fsp3) is 0.519. The number of carbonyl (C=O) groups is 1. The number of halogens is 2. The van der Waals surface area contributed by atoms with Crippen molar-refractivity contribution in [1.82, 2.24) is 10.1 Å². The molecule has 0 spiro atoms. The molecule has 0 aliphatic heterocycles. The second-order valence-corrected chi connectivity index (χ2v) is 12.5. The first-order valence-electron chi connectivity index (χ1n) is 12.7.